The highest BCUT2D eigenvalue weighted by Crippen LogP contribution is 2.56. The molecule has 0 radical (unpaired) electrons. The quantitative estimate of drug-likeness (QED) is 0.144. The number of rotatable bonds is 8. The van der Waals surface area contributed by atoms with E-state index in [1.165, 1.54) is 44.1 Å². The number of furan rings is 1. The van der Waals surface area contributed by atoms with Gasteiger partial charge in [-0.3, -0.25) is 0 Å². The first-order valence-corrected chi connectivity index (χ1v) is 20.2. The Morgan fingerprint density at radius 2 is 1.10 bits per heavy atom. The topological polar surface area (TPSA) is 21.3 Å². The van der Waals surface area contributed by atoms with Gasteiger partial charge < -0.3 is 13.9 Å². The first-order chi connectivity index (χ1) is 29.1. The molecule has 0 saturated carbocycles. The molecule has 0 saturated heterocycles. The van der Waals surface area contributed by atoms with Gasteiger partial charge in [0.1, 0.15) is 11.2 Å². The van der Waals surface area contributed by atoms with Gasteiger partial charge in [-0.15, -0.1) is 0 Å². The number of para-hydroxylation sites is 3. The van der Waals surface area contributed by atoms with Gasteiger partial charge in [-0.05, 0) is 101 Å². The lowest BCUT2D eigenvalue weighted by Gasteiger charge is -2.34. The third-order valence-electron chi connectivity index (χ3n) is 12.1. The van der Waals surface area contributed by atoms with Crippen LogP contribution in [0.3, 0.4) is 0 Å². The summed E-state index contributed by atoms with van der Waals surface area (Å²) in [7, 11) is 0. The molecule has 0 bridgehead atoms. The zero-order chi connectivity index (χ0) is 39.5. The van der Waals surface area contributed by atoms with Crippen molar-refractivity contribution in [1.82, 2.24) is 4.57 Å². The Labute approximate surface area is 343 Å². The Morgan fingerprint density at radius 1 is 0.525 bits per heavy atom. The maximum atomic E-state index is 6.48. The van der Waals surface area contributed by atoms with Crippen LogP contribution in [0.4, 0.5) is 17.1 Å². The van der Waals surface area contributed by atoms with E-state index in [4.69, 9.17) is 11.0 Å². The molecule has 1 aliphatic rings. The Hall–Kier alpha value is -7.62. The molecule has 0 fully saturated rings. The van der Waals surface area contributed by atoms with Gasteiger partial charge in [0.25, 0.3) is 0 Å². The van der Waals surface area contributed by atoms with E-state index >= 15 is 0 Å². The van der Waals surface area contributed by atoms with Gasteiger partial charge in [0.2, 0.25) is 0 Å². The van der Waals surface area contributed by atoms with E-state index in [9.17, 15) is 0 Å². The van der Waals surface area contributed by atoms with Crippen LogP contribution in [0.15, 0.2) is 229 Å². The summed E-state index contributed by atoms with van der Waals surface area (Å²) >= 11 is 0. The number of hydrogen-bond acceptors (Lipinski definition) is 2. The van der Waals surface area contributed by atoms with E-state index < -0.39 is 5.41 Å². The molecule has 2 heterocycles. The molecule has 59 heavy (non-hydrogen) atoms. The fourth-order valence-corrected chi connectivity index (χ4v) is 9.60. The van der Waals surface area contributed by atoms with Crippen molar-refractivity contribution in [3.63, 3.8) is 0 Å². The number of fused-ring (bicyclic) bond motifs is 9. The Balaban J connectivity index is 1.13. The average Bonchev–Trinajstić information content (AvgIpc) is 3.93. The highest BCUT2D eigenvalue weighted by atomic mass is 16.3. The van der Waals surface area contributed by atoms with E-state index in [2.05, 4.69) is 210 Å². The molecule has 3 heteroatoms. The zero-order valence-corrected chi connectivity index (χ0v) is 32.7. The molecular weight excluding hydrogens is 717 g/mol. The van der Waals surface area contributed by atoms with Crippen LogP contribution >= 0.6 is 0 Å². The standard InChI is InChI=1S/C56H40N2O/c1-3-4-6-17-38(2)56(50-24-13-9-20-44(50)45-21-10-14-25-51(45)56)39-28-30-41(31-29-39)57(43-33-35-49-48-23-12-16-27-54(48)59-55(49)37-43)42-32-34-47-46-22-11-15-26-52(46)58(53(47)36-42)40-18-7-5-8-19-40/h3-37H,2H2,1H3/b4-3-,17-6-. The van der Waals surface area contributed by atoms with Gasteiger partial charge >= 0.3 is 0 Å². The lowest BCUT2D eigenvalue weighted by atomic mass is 9.67. The van der Waals surface area contributed by atoms with Crippen molar-refractivity contribution in [2.45, 2.75) is 12.3 Å². The van der Waals surface area contributed by atoms with Crippen molar-refractivity contribution >= 4 is 60.8 Å². The third kappa shape index (κ3) is 5.28. The van der Waals surface area contributed by atoms with Crippen molar-refractivity contribution in [1.29, 1.82) is 0 Å². The second-order valence-corrected chi connectivity index (χ2v) is 15.3. The van der Waals surface area contributed by atoms with Gasteiger partial charge in [0, 0.05) is 50.4 Å². The van der Waals surface area contributed by atoms with E-state index in [-0.39, 0.29) is 0 Å². The SMILES string of the molecule is C=C(/C=C\C=C/C)C1(c2ccc(N(c3ccc4c(c3)oc3ccccc34)c3ccc4c5ccccc5n(-c5ccccc5)c4c3)cc2)c2ccccc2-c2ccccc21. The summed E-state index contributed by atoms with van der Waals surface area (Å²) in [6.07, 6.45) is 8.39. The normalized spacial score (nSPS) is 13.2. The predicted molar refractivity (Wildman–Crippen MR) is 248 cm³/mol. The molecule has 0 spiro atoms. The number of benzene rings is 8. The molecule has 10 aromatic rings. The molecular formula is C56H40N2O. The van der Waals surface area contributed by atoms with Crippen molar-refractivity contribution in [3.8, 4) is 16.8 Å². The Morgan fingerprint density at radius 3 is 1.85 bits per heavy atom. The molecule has 0 aliphatic heterocycles. The maximum absolute atomic E-state index is 6.48. The summed E-state index contributed by atoms with van der Waals surface area (Å²) in [4.78, 5) is 2.35. The van der Waals surface area contributed by atoms with Gasteiger partial charge in [0.05, 0.1) is 16.4 Å². The summed E-state index contributed by atoms with van der Waals surface area (Å²) < 4.78 is 8.86. The highest BCUT2D eigenvalue weighted by Gasteiger charge is 2.45. The number of aromatic nitrogens is 1. The van der Waals surface area contributed by atoms with Crippen molar-refractivity contribution in [3.05, 3.63) is 241 Å². The molecule has 280 valence electrons. The van der Waals surface area contributed by atoms with Gasteiger partial charge in [0.15, 0.2) is 0 Å². The van der Waals surface area contributed by atoms with Crippen LogP contribution in [-0.2, 0) is 5.41 Å². The molecule has 0 amide bonds. The zero-order valence-electron chi connectivity index (χ0n) is 32.7. The molecule has 2 aromatic heterocycles. The summed E-state index contributed by atoms with van der Waals surface area (Å²) in [6, 6.07) is 67.8. The van der Waals surface area contributed by atoms with Crippen LogP contribution in [0, 0.1) is 0 Å². The van der Waals surface area contributed by atoms with Crippen LogP contribution in [0.1, 0.15) is 23.6 Å². The smallest absolute Gasteiger partial charge is 0.137 e. The third-order valence-corrected chi connectivity index (χ3v) is 12.1. The predicted octanol–water partition coefficient (Wildman–Crippen LogP) is 15.2. The first kappa shape index (κ1) is 34.6. The lowest BCUT2D eigenvalue weighted by molar-refractivity contribution is 0.669. The van der Waals surface area contributed by atoms with E-state index in [1.54, 1.807) is 0 Å². The molecule has 3 nitrogen and oxygen atoms in total. The largest absolute Gasteiger partial charge is 0.456 e. The fraction of sp³-hybridized carbons (Fsp3) is 0.0357. The average molecular weight is 757 g/mol. The molecule has 0 N–H and O–H groups in total. The number of anilines is 3. The van der Waals surface area contributed by atoms with Crippen LogP contribution < -0.4 is 4.90 Å². The molecule has 8 aromatic carbocycles. The Bertz CT molecular complexity index is 3260. The fourth-order valence-electron chi connectivity index (χ4n) is 9.60. The molecule has 1 aliphatic carbocycles. The van der Waals surface area contributed by atoms with Gasteiger partial charge in [-0.25, -0.2) is 0 Å². The first-order valence-electron chi connectivity index (χ1n) is 20.2. The van der Waals surface area contributed by atoms with Gasteiger partial charge in [-0.2, -0.15) is 0 Å². The summed E-state index contributed by atoms with van der Waals surface area (Å²) in [6.45, 7) is 6.83. The van der Waals surface area contributed by atoms with E-state index in [0.717, 1.165) is 55.8 Å². The summed E-state index contributed by atoms with van der Waals surface area (Å²) in [5, 5.41) is 4.65. The van der Waals surface area contributed by atoms with Crippen molar-refractivity contribution < 1.29 is 4.42 Å². The van der Waals surface area contributed by atoms with Crippen molar-refractivity contribution in [2.75, 3.05) is 4.90 Å². The van der Waals surface area contributed by atoms with Crippen molar-refractivity contribution in [2.24, 2.45) is 0 Å². The summed E-state index contributed by atoms with van der Waals surface area (Å²) in [5.74, 6) is 0. The molecule has 0 unspecified atom stereocenters. The van der Waals surface area contributed by atoms with E-state index in [1.807, 2.05) is 19.1 Å². The number of allylic oxidation sites excluding steroid dienone is 5. The minimum absolute atomic E-state index is 0.572. The van der Waals surface area contributed by atoms with Gasteiger partial charge in [-0.1, -0.05) is 152 Å². The minimum atomic E-state index is -0.572. The van der Waals surface area contributed by atoms with E-state index in [0.29, 0.717) is 0 Å². The molecule has 0 atom stereocenters. The monoisotopic (exact) mass is 756 g/mol. The second-order valence-electron chi connectivity index (χ2n) is 15.3. The Kier molecular flexibility index (Phi) is 8.09. The van der Waals surface area contributed by atoms with Crippen LogP contribution in [0.5, 0.6) is 0 Å². The maximum Gasteiger partial charge on any atom is 0.137 e. The number of hydrogen-bond donors (Lipinski definition) is 0. The van der Waals surface area contributed by atoms with Crippen LogP contribution in [0.25, 0.3) is 60.6 Å². The molecule has 11 rings (SSSR count). The second kappa shape index (κ2) is 13.8. The van der Waals surface area contributed by atoms with Crippen LogP contribution in [-0.4, -0.2) is 4.57 Å². The number of nitrogens with zero attached hydrogens (tertiary/aromatic N) is 2. The lowest BCUT2D eigenvalue weighted by Crippen LogP contribution is -2.28. The minimum Gasteiger partial charge on any atom is -0.456 e. The highest BCUT2D eigenvalue weighted by molar-refractivity contribution is 6.11. The summed E-state index contributed by atoms with van der Waals surface area (Å²) in [5.41, 5.74) is 14.9. The van der Waals surface area contributed by atoms with Crippen LogP contribution in [0.2, 0.25) is 0 Å².